The highest BCUT2D eigenvalue weighted by molar-refractivity contribution is 7.10. The molecule has 3 aromatic heterocycles. The Bertz CT molecular complexity index is 1370. The van der Waals surface area contributed by atoms with Crippen LogP contribution in [0.5, 0.6) is 0 Å². The van der Waals surface area contributed by atoms with Crippen LogP contribution in [-0.2, 0) is 16.7 Å². The normalized spacial score (nSPS) is 18.0. The van der Waals surface area contributed by atoms with Gasteiger partial charge in [0.2, 0.25) is 0 Å². The van der Waals surface area contributed by atoms with Gasteiger partial charge in [0, 0.05) is 42.2 Å². The highest BCUT2D eigenvalue weighted by Crippen LogP contribution is 2.48. The van der Waals surface area contributed by atoms with Crippen LogP contribution in [0.25, 0.3) is 17.0 Å². The number of thiazole rings is 1. The summed E-state index contributed by atoms with van der Waals surface area (Å²) in [5.41, 5.74) is 7.27. The van der Waals surface area contributed by atoms with Crippen molar-refractivity contribution in [2.45, 2.75) is 37.6 Å². The summed E-state index contributed by atoms with van der Waals surface area (Å²) in [6.45, 7) is 4.43. The van der Waals surface area contributed by atoms with Gasteiger partial charge >= 0.3 is 0 Å². The number of benzene rings is 1. The summed E-state index contributed by atoms with van der Waals surface area (Å²) >= 11 is 1.70. The summed E-state index contributed by atoms with van der Waals surface area (Å²) in [7, 11) is 0. The molecule has 186 valence electrons. The Morgan fingerprint density at radius 1 is 1.14 bits per heavy atom. The van der Waals surface area contributed by atoms with E-state index in [0.29, 0.717) is 5.56 Å². The third kappa shape index (κ3) is 4.22. The topological polar surface area (TPSA) is 92.0 Å². The summed E-state index contributed by atoms with van der Waals surface area (Å²) in [6, 6.07) is 11.9. The van der Waals surface area contributed by atoms with Gasteiger partial charge in [-0.25, -0.2) is 15.4 Å². The molecule has 6 rings (SSSR count). The predicted molar refractivity (Wildman–Crippen MR) is 137 cm³/mol. The molecule has 0 radical (unpaired) electrons. The number of aromatic nitrogens is 3. The molecule has 1 amide bonds. The molecular weight excluding hydrogens is 474 g/mol. The number of carbonyl (C=O) groups excluding carboxylic acids is 1. The third-order valence-electron chi connectivity index (χ3n) is 7.52. The number of morpholine rings is 1. The number of rotatable bonds is 6. The number of amides is 1. The van der Waals surface area contributed by atoms with Gasteiger partial charge in [0.05, 0.1) is 30.8 Å². The summed E-state index contributed by atoms with van der Waals surface area (Å²) in [5, 5.41) is 12.2. The van der Waals surface area contributed by atoms with Crippen LogP contribution in [0.3, 0.4) is 0 Å². The molecule has 4 aromatic rings. The van der Waals surface area contributed by atoms with E-state index in [1.807, 2.05) is 18.3 Å². The molecule has 0 unspecified atom stereocenters. The van der Waals surface area contributed by atoms with Crippen LogP contribution in [-0.4, -0.2) is 56.7 Å². The Balaban J connectivity index is 1.28. The summed E-state index contributed by atoms with van der Waals surface area (Å²) in [4.78, 5) is 24.0. The van der Waals surface area contributed by atoms with E-state index >= 15 is 0 Å². The van der Waals surface area contributed by atoms with Gasteiger partial charge in [-0.05, 0) is 48.2 Å². The molecule has 36 heavy (non-hydrogen) atoms. The predicted octanol–water partition coefficient (Wildman–Crippen LogP) is 4.27. The van der Waals surface area contributed by atoms with E-state index < -0.39 is 5.91 Å². The quantitative estimate of drug-likeness (QED) is 0.302. The van der Waals surface area contributed by atoms with Gasteiger partial charge in [-0.2, -0.15) is 0 Å². The molecule has 2 fully saturated rings. The van der Waals surface area contributed by atoms with Crippen molar-refractivity contribution in [2.24, 2.45) is 0 Å². The van der Waals surface area contributed by atoms with Crippen LogP contribution in [0.1, 0.15) is 52.2 Å². The van der Waals surface area contributed by atoms with E-state index in [1.165, 1.54) is 11.1 Å². The van der Waals surface area contributed by atoms with Gasteiger partial charge in [0.15, 0.2) is 0 Å². The first kappa shape index (κ1) is 23.3. The molecule has 1 aromatic carbocycles. The first-order chi connectivity index (χ1) is 17.7. The molecular formula is C27H29N5O3S. The minimum atomic E-state index is -0.501. The molecule has 9 heteroatoms. The molecule has 0 atom stereocenters. The van der Waals surface area contributed by atoms with Gasteiger partial charge in [0.25, 0.3) is 5.91 Å². The van der Waals surface area contributed by atoms with Crippen LogP contribution >= 0.6 is 11.3 Å². The molecule has 8 nitrogen and oxygen atoms in total. The highest BCUT2D eigenvalue weighted by atomic mass is 32.1. The Hall–Kier alpha value is -3.11. The lowest BCUT2D eigenvalue weighted by Gasteiger charge is -2.27. The minimum absolute atomic E-state index is 0.150. The van der Waals surface area contributed by atoms with E-state index in [2.05, 4.69) is 33.0 Å². The fraction of sp³-hybridized carbons (Fsp3) is 0.370. The Labute approximate surface area is 213 Å². The van der Waals surface area contributed by atoms with Gasteiger partial charge in [0.1, 0.15) is 10.7 Å². The number of nitrogens with zero attached hydrogens (tertiary/aromatic N) is 4. The fourth-order valence-electron chi connectivity index (χ4n) is 5.55. The van der Waals surface area contributed by atoms with Crippen molar-refractivity contribution in [3.8, 4) is 11.4 Å². The number of hydroxylamine groups is 1. The first-order valence-corrected chi connectivity index (χ1v) is 13.3. The van der Waals surface area contributed by atoms with Gasteiger partial charge in [-0.1, -0.05) is 25.0 Å². The van der Waals surface area contributed by atoms with Gasteiger partial charge in [-0.3, -0.25) is 19.3 Å². The van der Waals surface area contributed by atoms with Crippen molar-refractivity contribution in [3.05, 3.63) is 75.9 Å². The molecule has 4 heterocycles. The Morgan fingerprint density at radius 3 is 2.67 bits per heavy atom. The Kier molecular flexibility index (Phi) is 6.30. The summed E-state index contributed by atoms with van der Waals surface area (Å²) in [5.74, 6) is -0.501. The molecule has 1 saturated heterocycles. The smallest absolute Gasteiger partial charge is 0.274 e. The lowest BCUT2D eigenvalue weighted by atomic mass is 9.79. The van der Waals surface area contributed by atoms with E-state index in [1.54, 1.807) is 28.9 Å². The maximum absolute atomic E-state index is 11.8. The fourth-order valence-corrected chi connectivity index (χ4v) is 6.64. The number of imidazole rings is 1. The molecule has 0 spiro atoms. The Morgan fingerprint density at radius 2 is 1.92 bits per heavy atom. The lowest BCUT2D eigenvalue weighted by molar-refractivity contribution is 0.0342. The van der Waals surface area contributed by atoms with Crippen molar-refractivity contribution < 1.29 is 14.7 Å². The third-order valence-corrected chi connectivity index (χ3v) is 8.57. The summed E-state index contributed by atoms with van der Waals surface area (Å²) in [6.07, 6.45) is 8.37. The first-order valence-electron chi connectivity index (χ1n) is 12.4. The van der Waals surface area contributed by atoms with E-state index in [4.69, 9.17) is 19.9 Å². The van der Waals surface area contributed by atoms with Gasteiger partial charge in [-0.15, -0.1) is 11.3 Å². The number of fused-ring (bicyclic) bond motifs is 1. The van der Waals surface area contributed by atoms with Gasteiger partial charge < -0.3 is 4.74 Å². The molecule has 1 saturated carbocycles. The van der Waals surface area contributed by atoms with Crippen LogP contribution in [0, 0.1) is 0 Å². The zero-order valence-electron chi connectivity index (χ0n) is 20.0. The van der Waals surface area contributed by atoms with Crippen molar-refractivity contribution >= 4 is 22.9 Å². The number of carbonyl (C=O) groups is 1. The average molecular weight is 504 g/mol. The van der Waals surface area contributed by atoms with Crippen LogP contribution in [0.15, 0.2) is 54.2 Å². The maximum atomic E-state index is 11.8. The zero-order valence-corrected chi connectivity index (χ0v) is 20.8. The number of hydrogen-bond donors (Lipinski definition) is 2. The van der Waals surface area contributed by atoms with Crippen LogP contribution in [0.2, 0.25) is 0 Å². The summed E-state index contributed by atoms with van der Waals surface area (Å²) < 4.78 is 7.58. The second-order valence-electron chi connectivity index (χ2n) is 9.64. The monoisotopic (exact) mass is 503 g/mol. The van der Waals surface area contributed by atoms with Crippen molar-refractivity contribution in [1.29, 1.82) is 0 Å². The molecule has 2 aliphatic rings. The van der Waals surface area contributed by atoms with Crippen molar-refractivity contribution in [2.75, 3.05) is 26.3 Å². The molecule has 0 bridgehead atoms. The highest BCUT2D eigenvalue weighted by Gasteiger charge is 2.40. The number of pyridine rings is 1. The van der Waals surface area contributed by atoms with Crippen molar-refractivity contribution in [1.82, 2.24) is 24.7 Å². The van der Waals surface area contributed by atoms with Crippen LogP contribution in [0.4, 0.5) is 0 Å². The second kappa shape index (κ2) is 9.74. The molecule has 2 N–H and O–H groups in total. The zero-order chi connectivity index (χ0) is 24.5. The number of nitrogens with one attached hydrogen (secondary N) is 1. The van der Waals surface area contributed by atoms with E-state index in [9.17, 15) is 4.79 Å². The lowest BCUT2D eigenvalue weighted by Crippen LogP contribution is -2.35. The largest absolute Gasteiger partial charge is 0.379 e. The van der Waals surface area contributed by atoms with E-state index in [-0.39, 0.29) is 5.41 Å². The van der Waals surface area contributed by atoms with Crippen molar-refractivity contribution in [3.63, 3.8) is 0 Å². The average Bonchev–Trinajstić information content (AvgIpc) is 3.68. The van der Waals surface area contributed by atoms with Crippen LogP contribution < -0.4 is 5.48 Å². The molecule has 1 aliphatic heterocycles. The second-order valence-corrected chi connectivity index (χ2v) is 10.5. The minimum Gasteiger partial charge on any atom is -0.379 e. The standard InChI is InChI=1S/C27H29N5O3S/c33-25(30-34)20-3-5-21(6-4-20)27(8-1-2-9-27)26-29-22(18-36-26)23-16-28-24-15-19(7-10-32(23)24)17-31-11-13-35-14-12-31/h3-7,10,15-16,18,34H,1-2,8-9,11-14,17H2,(H,30,33). The SMILES string of the molecule is O=C(NO)c1ccc(C2(c3nc(-c4cnc5cc(CN6CCOCC6)ccn45)cs3)CCCC2)cc1. The molecule has 1 aliphatic carbocycles. The number of hydrogen-bond acceptors (Lipinski definition) is 7. The number of ether oxygens (including phenoxy) is 1. The maximum Gasteiger partial charge on any atom is 0.274 e. The van der Waals surface area contributed by atoms with E-state index in [0.717, 1.165) is 80.6 Å².